The summed E-state index contributed by atoms with van der Waals surface area (Å²) in [6, 6.07) is 11.3. The summed E-state index contributed by atoms with van der Waals surface area (Å²) >= 11 is 0. The molecule has 0 unspecified atom stereocenters. The lowest BCUT2D eigenvalue weighted by molar-refractivity contribution is 0.0374. The van der Waals surface area contributed by atoms with Crippen LogP contribution in [0.4, 0.5) is 0 Å². The number of ether oxygens (including phenoxy) is 1. The van der Waals surface area contributed by atoms with Gasteiger partial charge in [-0.15, -0.1) is 0 Å². The zero-order valence-corrected chi connectivity index (χ0v) is 15.2. The fraction of sp³-hybridized carbons (Fsp3) is 0.350. The van der Waals surface area contributed by atoms with Crippen LogP contribution in [0.3, 0.4) is 0 Å². The topological polar surface area (TPSA) is 72.3 Å². The maximum absolute atomic E-state index is 12.3. The van der Waals surface area contributed by atoms with E-state index < -0.39 is 0 Å². The van der Waals surface area contributed by atoms with E-state index in [-0.39, 0.29) is 5.91 Å². The molecule has 0 atom stereocenters. The molecule has 3 heterocycles. The molecule has 0 spiro atoms. The van der Waals surface area contributed by atoms with Crippen LogP contribution in [0.25, 0.3) is 16.9 Å². The van der Waals surface area contributed by atoms with Gasteiger partial charge in [0.05, 0.1) is 13.2 Å². The number of imidazole rings is 1. The molecule has 0 aliphatic carbocycles. The van der Waals surface area contributed by atoms with Crippen LogP contribution in [0.1, 0.15) is 16.8 Å². The Bertz CT molecular complexity index is 900. The van der Waals surface area contributed by atoms with Crippen molar-refractivity contribution in [1.82, 2.24) is 24.8 Å². The largest absolute Gasteiger partial charge is 0.379 e. The van der Waals surface area contributed by atoms with Crippen LogP contribution in [0.2, 0.25) is 0 Å². The van der Waals surface area contributed by atoms with E-state index in [0.29, 0.717) is 12.1 Å². The molecule has 2 aromatic heterocycles. The number of fused-ring (bicyclic) bond motifs is 1. The molecular formula is C20H23N5O2. The molecule has 1 aliphatic rings. The molecule has 4 rings (SSSR count). The molecule has 0 radical (unpaired) electrons. The normalized spacial score (nSPS) is 15.1. The van der Waals surface area contributed by atoms with E-state index >= 15 is 0 Å². The van der Waals surface area contributed by atoms with Crippen molar-refractivity contribution in [3.05, 3.63) is 54.5 Å². The third-order valence-electron chi connectivity index (χ3n) is 4.75. The Morgan fingerprint density at radius 1 is 1.11 bits per heavy atom. The summed E-state index contributed by atoms with van der Waals surface area (Å²) in [7, 11) is 0. The highest BCUT2D eigenvalue weighted by molar-refractivity contribution is 5.94. The number of carbonyl (C=O) groups is 1. The maximum Gasteiger partial charge on any atom is 0.251 e. The Kier molecular flexibility index (Phi) is 5.41. The third-order valence-corrected chi connectivity index (χ3v) is 4.75. The lowest BCUT2D eigenvalue weighted by Gasteiger charge is -2.26. The number of hydrogen-bond donors (Lipinski definition) is 1. The van der Waals surface area contributed by atoms with Crippen molar-refractivity contribution in [3.8, 4) is 5.69 Å². The Hall–Kier alpha value is -2.77. The fourth-order valence-electron chi connectivity index (χ4n) is 3.24. The van der Waals surface area contributed by atoms with Crippen LogP contribution >= 0.6 is 0 Å². The molecule has 0 saturated carbocycles. The van der Waals surface area contributed by atoms with Gasteiger partial charge in [0.2, 0.25) is 0 Å². The number of benzene rings is 1. The van der Waals surface area contributed by atoms with Gasteiger partial charge in [-0.05, 0) is 49.4 Å². The highest BCUT2D eigenvalue weighted by Crippen LogP contribution is 2.16. The van der Waals surface area contributed by atoms with Crippen molar-refractivity contribution < 1.29 is 9.53 Å². The fourth-order valence-corrected chi connectivity index (χ4v) is 3.24. The monoisotopic (exact) mass is 365 g/mol. The number of hydrogen-bond acceptors (Lipinski definition) is 5. The summed E-state index contributed by atoms with van der Waals surface area (Å²) in [6.07, 6.45) is 4.44. The van der Waals surface area contributed by atoms with E-state index in [9.17, 15) is 4.79 Å². The number of nitrogens with one attached hydrogen (secondary N) is 1. The predicted octanol–water partition coefficient (Wildman–Crippen LogP) is 1.87. The highest BCUT2D eigenvalue weighted by Gasteiger charge is 2.11. The molecule has 0 bridgehead atoms. The van der Waals surface area contributed by atoms with Crippen LogP contribution in [0.15, 0.2) is 48.9 Å². The quantitative estimate of drug-likeness (QED) is 0.675. The molecule has 1 aliphatic heterocycles. The first kappa shape index (κ1) is 17.6. The molecule has 1 aromatic carbocycles. The van der Waals surface area contributed by atoms with Gasteiger partial charge >= 0.3 is 0 Å². The van der Waals surface area contributed by atoms with Gasteiger partial charge < -0.3 is 10.1 Å². The van der Waals surface area contributed by atoms with Gasteiger partial charge in [-0.3, -0.25) is 14.3 Å². The Labute approximate surface area is 158 Å². The number of carbonyl (C=O) groups excluding carboxylic acids is 1. The van der Waals surface area contributed by atoms with Gasteiger partial charge in [0, 0.05) is 37.1 Å². The first-order valence-corrected chi connectivity index (χ1v) is 9.28. The van der Waals surface area contributed by atoms with E-state index in [1.165, 1.54) is 0 Å². The van der Waals surface area contributed by atoms with Crippen molar-refractivity contribution in [2.45, 2.75) is 6.42 Å². The molecule has 7 heteroatoms. The Balaban J connectivity index is 1.32. The predicted molar refractivity (Wildman–Crippen MR) is 103 cm³/mol. The van der Waals surface area contributed by atoms with Crippen molar-refractivity contribution >= 4 is 17.1 Å². The minimum Gasteiger partial charge on any atom is -0.379 e. The number of nitrogens with zero attached hydrogens (tertiary/aromatic N) is 4. The first-order valence-electron chi connectivity index (χ1n) is 9.28. The van der Waals surface area contributed by atoms with E-state index in [4.69, 9.17) is 4.74 Å². The summed E-state index contributed by atoms with van der Waals surface area (Å²) in [5.74, 6) is -0.0443. The average molecular weight is 365 g/mol. The van der Waals surface area contributed by atoms with E-state index in [1.54, 1.807) is 12.5 Å². The van der Waals surface area contributed by atoms with E-state index in [0.717, 1.165) is 56.1 Å². The number of aromatic nitrogens is 3. The summed E-state index contributed by atoms with van der Waals surface area (Å²) in [5.41, 5.74) is 3.24. The third kappa shape index (κ3) is 4.15. The molecule has 3 aromatic rings. The van der Waals surface area contributed by atoms with E-state index in [2.05, 4.69) is 20.2 Å². The van der Waals surface area contributed by atoms with Crippen LogP contribution in [0, 0.1) is 0 Å². The number of pyridine rings is 1. The lowest BCUT2D eigenvalue weighted by atomic mass is 10.2. The second-order valence-electron chi connectivity index (χ2n) is 6.57. The average Bonchev–Trinajstić information content (AvgIpc) is 3.16. The molecule has 7 nitrogen and oxygen atoms in total. The number of amides is 1. The maximum atomic E-state index is 12.3. The van der Waals surface area contributed by atoms with Crippen LogP contribution < -0.4 is 5.32 Å². The van der Waals surface area contributed by atoms with Gasteiger partial charge in [-0.25, -0.2) is 9.97 Å². The minimum atomic E-state index is -0.0443. The van der Waals surface area contributed by atoms with Gasteiger partial charge in [0.15, 0.2) is 5.65 Å². The van der Waals surface area contributed by atoms with Gasteiger partial charge in [0.25, 0.3) is 5.91 Å². The molecule has 27 heavy (non-hydrogen) atoms. The zero-order chi connectivity index (χ0) is 18.5. The van der Waals surface area contributed by atoms with Crippen LogP contribution in [0.5, 0.6) is 0 Å². The van der Waals surface area contributed by atoms with Crippen molar-refractivity contribution in [2.24, 2.45) is 0 Å². The summed E-state index contributed by atoms with van der Waals surface area (Å²) in [4.78, 5) is 23.4. The lowest BCUT2D eigenvalue weighted by Crippen LogP contribution is -2.38. The SMILES string of the molecule is O=C(NCCCN1CCOCC1)c1ccc(-n2cnc3cccnc32)cc1. The molecule has 1 saturated heterocycles. The second kappa shape index (κ2) is 8.28. The van der Waals surface area contributed by atoms with Crippen LogP contribution in [-0.4, -0.2) is 64.7 Å². The highest BCUT2D eigenvalue weighted by atomic mass is 16.5. The molecule has 1 fully saturated rings. The smallest absolute Gasteiger partial charge is 0.251 e. The van der Waals surface area contributed by atoms with Crippen molar-refractivity contribution in [2.75, 3.05) is 39.4 Å². The van der Waals surface area contributed by atoms with Gasteiger partial charge in [-0.1, -0.05) is 0 Å². The molecular weight excluding hydrogens is 342 g/mol. The van der Waals surface area contributed by atoms with Crippen molar-refractivity contribution in [1.29, 1.82) is 0 Å². The number of rotatable bonds is 6. The summed E-state index contributed by atoms with van der Waals surface area (Å²) < 4.78 is 7.26. The minimum absolute atomic E-state index is 0.0443. The second-order valence-corrected chi connectivity index (χ2v) is 6.57. The van der Waals surface area contributed by atoms with Gasteiger partial charge in [0.1, 0.15) is 11.8 Å². The van der Waals surface area contributed by atoms with Crippen LogP contribution in [-0.2, 0) is 4.74 Å². The van der Waals surface area contributed by atoms with Gasteiger partial charge in [-0.2, -0.15) is 0 Å². The van der Waals surface area contributed by atoms with Crippen molar-refractivity contribution in [3.63, 3.8) is 0 Å². The van der Waals surface area contributed by atoms with E-state index in [1.807, 2.05) is 41.0 Å². The molecule has 1 amide bonds. The zero-order valence-electron chi connectivity index (χ0n) is 15.2. The standard InChI is InChI=1S/C20H23N5O2/c26-20(22-9-2-10-24-11-13-27-14-12-24)16-4-6-17(7-5-16)25-15-23-18-3-1-8-21-19(18)25/h1,3-8,15H,2,9-14H2,(H,22,26). The summed E-state index contributed by atoms with van der Waals surface area (Å²) in [6.45, 7) is 5.23. The molecule has 140 valence electrons. The first-order chi connectivity index (χ1) is 13.3. The Morgan fingerprint density at radius 3 is 2.74 bits per heavy atom. The summed E-state index contributed by atoms with van der Waals surface area (Å²) in [5, 5.41) is 2.99. The number of morpholine rings is 1. The molecule has 1 N–H and O–H groups in total. The Morgan fingerprint density at radius 2 is 1.93 bits per heavy atom.